The van der Waals surface area contributed by atoms with Crippen molar-refractivity contribution < 1.29 is 18.0 Å². The van der Waals surface area contributed by atoms with Crippen LogP contribution >= 0.6 is 0 Å². The molecule has 2 rings (SSSR count). The normalized spacial score (nSPS) is 12.6. The van der Waals surface area contributed by atoms with Crippen molar-refractivity contribution in [2.75, 3.05) is 37.3 Å². The number of likely N-dealkylation sites (N-methyl/N-ethyl adjacent to an activating group) is 1. The lowest BCUT2D eigenvalue weighted by molar-refractivity contribution is -0.122. The van der Waals surface area contributed by atoms with E-state index in [1.165, 1.54) is 10.4 Å². The fourth-order valence-electron chi connectivity index (χ4n) is 3.26. The van der Waals surface area contributed by atoms with Crippen LogP contribution in [0.3, 0.4) is 0 Å². The van der Waals surface area contributed by atoms with Crippen LogP contribution in [0, 0.1) is 13.8 Å². The average molecular weight is 476 g/mol. The molecule has 1 unspecified atom stereocenters. The molecular formula is C23H33N5O4S. The smallest absolute Gasteiger partial charge is 0.243 e. The second kappa shape index (κ2) is 11.4. The van der Waals surface area contributed by atoms with Crippen LogP contribution in [0.25, 0.3) is 0 Å². The third-order valence-corrected chi connectivity index (χ3v) is 7.56. The zero-order valence-corrected chi connectivity index (χ0v) is 20.9. The van der Waals surface area contributed by atoms with Crippen molar-refractivity contribution in [3.63, 3.8) is 0 Å². The number of benzene rings is 1. The molecule has 33 heavy (non-hydrogen) atoms. The molecule has 0 aliphatic heterocycles. The number of amides is 2. The molecule has 1 aromatic carbocycles. The van der Waals surface area contributed by atoms with Gasteiger partial charge in [-0.1, -0.05) is 26.0 Å². The molecule has 0 aliphatic rings. The SMILES string of the molecule is CCN(CC)S(=O)(=O)c1cc(NC(=O)C(C)N(C)CC(=O)Nc2cccc(C)n2)ccc1C. The van der Waals surface area contributed by atoms with Crippen LogP contribution in [0.5, 0.6) is 0 Å². The van der Waals surface area contributed by atoms with E-state index in [1.54, 1.807) is 63.9 Å². The minimum atomic E-state index is -3.66. The lowest BCUT2D eigenvalue weighted by atomic mass is 10.2. The molecule has 0 spiro atoms. The number of pyridine rings is 1. The first-order chi connectivity index (χ1) is 15.5. The van der Waals surface area contributed by atoms with Crippen molar-refractivity contribution in [3.05, 3.63) is 47.7 Å². The molecule has 2 aromatic rings. The molecule has 1 aromatic heterocycles. The van der Waals surface area contributed by atoms with Gasteiger partial charge in [0.05, 0.1) is 17.5 Å². The van der Waals surface area contributed by atoms with Gasteiger partial charge in [-0.25, -0.2) is 13.4 Å². The average Bonchev–Trinajstić information content (AvgIpc) is 2.74. The number of aromatic nitrogens is 1. The van der Waals surface area contributed by atoms with E-state index in [0.29, 0.717) is 30.2 Å². The molecule has 0 saturated heterocycles. The van der Waals surface area contributed by atoms with E-state index in [0.717, 1.165) is 5.69 Å². The predicted octanol–water partition coefficient (Wildman–Crippen LogP) is 2.63. The number of nitrogens with zero attached hydrogens (tertiary/aromatic N) is 3. The summed E-state index contributed by atoms with van der Waals surface area (Å²) in [6.07, 6.45) is 0. The van der Waals surface area contributed by atoms with E-state index >= 15 is 0 Å². The van der Waals surface area contributed by atoms with Gasteiger partial charge < -0.3 is 10.6 Å². The van der Waals surface area contributed by atoms with E-state index in [2.05, 4.69) is 15.6 Å². The highest BCUT2D eigenvalue weighted by atomic mass is 32.2. The summed E-state index contributed by atoms with van der Waals surface area (Å²) in [7, 11) is -2.00. The summed E-state index contributed by atoms with van der Waals surface area (Å²) in [5, 5.41) is 5.47. The Labute approximate surface area is 196 Å². The van der Waals surface area contributed by atoms with Crippen molar-refractivity contribution in [2.24, 2.45) is 0 Å². The Morgan fingerprint density at radius 2 is 1.73 bits per heavy atom. The number of aryl methyl sites for hydroxylation is 2. The fourth-order valence-corrected chi connectivity index (χ4v) is 4.97. The maximum Gasteiger partial charge on any atom is 0.243 e. The van der Waals surface area contributed by atoms with Crippen LogP contribution in [0.15, 0.2) is 41.3 Å². The molecule has 0 saturated carbocycles. The van der Waals surface area contributed by atoms with Crippen LogP contribution in [0.4, 0.5) is 11.5 Å². The van der Waals surface area contributed by atoms with Crippen molar-refractivity contribution >= 4 is 33.3 Å². The van der Waals surface area contributed by atoms with Gasteiger partial charge in [-0.3, -0.25) is 14.5 Å². The van der Waals surface area contributed by atoms with Crippen LogP contribution in [0.2, 0.25) is 0 Å². The topological polar surface area (TPSA) is 112 Å². The van der Waals surface area contributed by atoms with Gasteiger partial charge in [-0.05, 0) is 57.6 Å². The number of hydrogen-bond acceptors (Lipinski definition) is 6. The van der Waals surface area contributed by atoms with Gasteiger partial charge in [-0.15, -0.1) is 0 Å². The van der Waals surface area contributed by atoms with Crippen LogP contribution in [-0.4, -0.2) is 67.1 Å². The summed E-state index contributed by atoms with van der Waals surface area (Å²) in [5.74, 6) is -0.195. The lowest BCUT2D eigenvalue weighted by Crippen LogP contribution is -2.43. The molecular weight excluding hydrogens is 442 g/mol. The van der Waals surface area contributed by atoms with Crippen LogP contribution < -0.4 is 10.6 Å². The Morgan fingerprint density at radius 3 is 2.33 bits per heavy atom. The first-order valence-corrected chi connectivity index (χ1v) is 12.3. The number of nitrogens with one attached hydrogen (secondary N) is 2. The number of anilines is 2. The fraction of sp³-hybridized carbons (Fsp3) is 0.435. The van der Waals surface area contributed by atoms with Gasteiger partial charge in [0, 0.05) is 24.5 Å². The maximum absolute atomic E-state index is 12.9. The van der Waals surface area contributed by atoms with Crippen LogP contribution in [0.1, 0.15) is 32.0 Å². The molecule has 2 N–H and O–H groups in total. The second-order valence-corrected chi connectivity index (χ2v) is 9.77. The zero-order chi connectivity index (χ0) is 24.8. The second-order valence-electron chi connectivity index (χ2n) is 7.86. The molecule has 1 heterocycles. The lowest BCUT2D eigenvalue weighted by Gasteiger charge is -2.24. The van der Waals surface area contributed by atoms with Crippen molar-refractivity contribution in [1.29, 1.82) is 0 Å². The van der Waals surface area contributed by atoms with Gasteiger partial charge in [0.2, 0.25) is 21.8 Å². The summed E-state index contributed by atoms with van der Waals surface area (Å²) in [6, 6.07) is 9.50. The number of hydrogen-bond donors (Lipinski definition) is 2. The Kier molecular flexibility index (Phi) is 9.09. The minimum Gasteiger partial charge on any atom is -0.325 e. The molecule has 10 heteroatoms. The summed E-state index contributed by atoms with van der Waals surface area (Å²) in [5.41, 5.74) is 1.77. The van der Waals surface area contributed by atoms with Gasteiger partial charge in [-0.2, -0.15) is 4.31 Å². The molecule has 0 radical (unpaired) electrons. The van der Waals surface area contributed by atoms with Gasteiger partial charge in [0.1, 0.15) is 5.82 Å². The third-order valence-electron chi connectivity index (χ3n) is 5.37. The molecule has 180 valence electrons. The first-order valence-electron chi connectivity index (χ1n) is 10.8. The summed E-state index contributed by atoms with van der Waals surface area (Å²) >= 11 is 0. The molecule has 1 atom stereocenters. The van der Waals surface area contributed by atoms with E-state index in [4.69, 9.17) is 0 Å². The van der Waals surface area contributed by atoms with E-state index in [1.807, 2.05) is 13.0 Å². The quantitative estimate of drug-likeness (QED) is 0.546. The van der Waals surface area contributed by atoms with Crippen molar-refractivity contribution in [2.45, 2.75) is 45.6 Å². The van der Waals surface area contributed by atoms with Crippen LogP contribution in [-0.2, 0) is 19.6 Å². The summed E-state index contributed by atoms with van der Waals surface area (Å²) in [4.78, 5) is 31.1. The summed E-state index contributed by atoms with van der Waals surface area (Å²) in [6.45, 7) is 9.50. The maximum atomic E-state index is 12.9. The highest BCUT2D eigenvalue weighted by Crippen LogP contribution is 2.24. The van der Waals surface area contributed by atoms with Gasteiger partial charge >= 0.3 is 0 Å². The number of carbonyl (C=O) groups excluding carboxylic acids is 2. The first kappa shape index (κ1) is 26.4. The highest BCUT2D eigenvalue weighted by molar-refractivity contribution is 7.89. The van der Waals surface area contributed by atoms with Crippen molar-refractivity contribution in [3.8, 4) is 0 Å². The molecule has 0 bridgehead atoms. The minimum absolute atomic E-state index is 0.0142. The summed E-state index contributed by atoms with van der Waals surface area (Å²) < 4.78 is 27.3. The van der Waals surface area contributed by atoms with Gasteiger partial charge in [0.15, 0.2) is 0 Å². The zero-order valence-electron chi connectivity index (χ0n) is 20.0. The van der Waals surface area contributed by atoms with Crippen molar-refractivity contribution in [1.82, 2.24) is 14.2 Å². The standard InChI is InChI=1S/C23H33N5O4S/c1-7-28(8-2)33(31,32)20-14-19(13-12-16(20)3)25-23(30)18(5)27(6)15-22(29)26-21-11-9-10-17(4)24-21/h9-14,18H,7-8,15H2,1-6H3,(H,25,30)(H,24,26,29). The Bertz CT molecular complexity index is 1100. The Hall–Kier alpha value is -2.82. The number of carbonyl (C=O) groups is 2. The monoisotopic (exact) mass is 475 g/mol. The van der Waals surface area contributed by atoms with E-state index in [-0.39, 0.29) is 23.3 Å². The van der Waals surface area contributed by atoms with E-state index in [9.17, 15) is 18.0 Å². The van der Waals surface area contributed by atoms with Gasteiger partial charge in [0.25, 0.3) is 0 Å². The Morgan fingerprint density at radius 1 is 1.06 bits per heavy atom. The molecule has 2 amide bonds. The van der Waals surface area contributed by atoms with E-state index < -0.39 is 16.1 Å². The Balaban J connectivity index is 2.07. The largest absolute Gasteiger partial charge is 0.325 e. The molecule has 0 aliphatic carbocycles. The number of sulfonamides is 1. The third kappa shape index (κ3) is 6.83. The molecule has 9 nitrogen and oxygen atoms in total. The molecule has 0 fully saturated rings. The number of rotatable bonds is 10. The predicted molar refractivity (Wildman–Crippen MR) is 130 cm³/mol. The highest BCUT2D eigenvalue weighted by Gasteiger charge is 2.25.